The van der Waals surface area contributed by atoms with Crippen LogP contribution in [0.2, 0.25) is 0 Å². The molecule has 1 saturated heterocycles. The molecule has 0 bridgehead atoms. The largest absolute Gasteiger partial charge is 0.384 e. The highest BCUT2D eigenvalue weighted by molar-refractivity contribution is 7.12. The van der Waals surface area contributed by atoms with Crippen molar-refractivity contribution in [1.29, 1.82) is 0 Å². The summed E-state index contributed by atoms with van der Waals surface area (Å²) in [5, 5.41) is 11.1. The summed E-state index contributed by atoms with van der Waals surface area (Å²) in [5.41, 5.74) is -0.634. The molecule has 1 saturated carbocycles. The van der Waals surface area contributed by atoms with Gasteiger partial charge in [0.05, 0.1) is 11.2 Å². The summed E-state index contributed by atoms with van der Waals surface area (Å²) in [5.74, 6) is 0.326. The second-order valence-corrected chi connectivity index (χ2v) is 8.13. The minimum absolute atomic E-state index is 0.0669. The van der Waals surface area contributed by atoms with Gasteiger partial charge in [-0.3, -0.25) is 0 Å². The first-order valence-corrected chi connectivity index (χ1v) is 8.77. The second kappa shape index (κ2) is 5.43. The van der Waals surface area contributed by atoms with Crippen LogP contribution in [0, 0.1) is 12.8 Å². The van der Waals surface area contributed by atoms with Crippen LogP contribution in [-0.4, -0.2) is 17.3 Å². The summed E-state index contributed by atoms with van der Waals surface area (Å²) in [7, 11) is 0. The minimum Gasteiger partial charge on any atom is -0.384 e. The highest BCUT2D eigenvalue weighted by Crippen LogP contribution is 2.47. The predicted molar refractivity (Wildman–Crippen MR) is 83.1 cm³/mol. The van der Waals surface area contributed by atoms with Crippen molar-refractivity contribution >= 4 is 11.3 Å². The van der Waals surface area contributed by atoms with E-state index in [9.17, 15) is 5.11 Å². The van der Waals surface area contributed by atoms with Gasteiger partial charge in [0.2, 0.25) is 0 Å². The van der Waals surface area contributed by atoms with Crippen molar-refractivity contribution in [3.63, 3.8) is 0 Å². The van der Waals surface area contributed by atoms with Crippen LogP contribution in [-0.2, 0) is 10.3 Å². The van der Waals surface area contributed by atoms with Gasteiger partial charge in [0.25, 0.3) is 0 Å². The Morgan fingerprint density at radius 3 is 2.70 bits per heavy atom. The zero-order valence-corrected chi connectivity index (χ0v) is 13.5. The first-order chi connectivity index (χ1) is 9.52. The fourth-order valence-corrected chi connectivity index (χ4v) is 4.95. The first kappa shape index (κ1) is 14.6. The van der Waals surface area contributed by atoms with Crippen molar-refractivity contribution in [2.75, 3.05) is 6.61 Å². The molecule has 1 aliphatic carbocycles. The number of aliphatic hydroxyl groups is 1. The lowest BCUT2D eigenvalue weighted by Crippen LogP contribution is -2.46. The highest BCUT2D eigenvalue weighted by Gasteiger charge is 2.45. The molecule has 1 N–H and O–H groups in total. The average molecular weight is 294 g/mol. The highest BCUT2D eigenvalue weighted by atomic mass is 32.1. The van der Waals surface area contributed by atoms with Crippen LogP contribution in [0.4, 0.5) is 0 Å². The molecule has 2 unspecified atom stereocenters. The second-order valence-electron chi connectivity index (χ2n) is 6.84. The van der Waals surface area contributed by atoms with Crippen molar-refractivity contribution in [3.8, 4) is 0 Å². The summed E-state index contributed by atoms with van der Waals surface area (Å²) >= 11 is 1.73. The lowest BCUT2D eigenvalue weighted by atomic mass is 9.71. The van der Waals surface area contributed by atoms with Crippen LogP contribution in [0.3, 0.4) is 0 Å². The Balaban J connectivity index is 1.78. The average Bonchev–Trinajstić information content (AvgIpc) is 2.87. The molecule has 3 rings (SSSR count). The zero-order valence-electron chi connectivity index (χ0n) is 12.7. The maximum absolute atomic E-state index is 11.1. The van der Waals surface area contributed by atoms with Crippen molar-refractivity contribution in [2.45, 2.75) is 70.0 Å². The van der Waals surface area contributed by atoms with Gasteiger partial charge < -0.3 is 9.84 Å². The maximum Gasteiger partial charge on any atom is 0.0989 e. The summed E-state index contributed by atoms with van der Waals surface area (Å²) in [6.07, 6.45) is 8.28. The molecule has 1 aromatic rings. The molecule has 0 radical (unpaired) electrons. The van der Waals surface area contributed by atoms with Crippen LogP contribution in [0.25, 0.3) is 0 Å². The number of aryl methyl sites for hydroxylation is 1. The predicted octanol–water partition coefficient (Wildman–Crippen LogP) is 4.39. The third-order valence-electron chi connectivity index (χ3n) is 5.29. The molecule has 2 fully saturated rings. The Morgan fingerprint density at radius 1 is 1.30 bits per heavy atom. The van der Waals surface area contributed by atoms with Gasteiger partial charge >= 0.3 is 0 Å². The van der Waals surface area contributed by atoms with Gasteiger partial charge in [0.15, 0.2) is 0 Å². The monoisotopic (exact) mass is 294 g/mol. The van der Waals surface area contributed by atoms with Gasteiger partial charge in [0.1, 0.15) is 0 Å². The molecule has 112 valence electrons. The third kappa shape index (κ3) is 2.68. The Hall–Kier alpha value is -0.380. The van der Waals surface area contributed by atoms with Crippen LogP contribution in [0.1, 0.15) is 61.6 Å². The zero-order chi connectivity index (χ0) is 14.2. The molecule has 1 aliphatic heterocycles. The van der Waals surface area contributed by atoms with Gasteiger partial charge in [-0.2, -0.15) is 0 Å². The minimum atomic E-state index is -0.701. The van der Waals surface area contributed by atoms with E-state index < -0.39 is 5.60 Å². The molecule has 0 aromatic carbocycles. The van der Waals surface area contributed by atoms with E-state index in [1.54, 1.807) is 11.3 Å². The molecular formula is C17H26O2S. The molecule has 0 amide bonds. The quantitative estimate of drug-likeness (QED) is 0.876. The van der Waals surface area contributed by atoms with Gasteiger partial charge in [0, 0.05) is 16.4 Å². The molecule has 2 atom stereocenters. The summed E-state index contributed by atoms with van der Waals surface area (Å²) in [4.78, 5) is 2.40. The summed E-state index contributed by atoms with van der Waals surface area (Å²) in [6.45, 7) is 4.92. The standard InChI is InChI=1S/C17H26O2S/c1-13-6-7-15(20-13)16(2,18)14-8-11-19-17(12-14)9-4-3-5-10-17/h6-7,14,18H,3-5,8-12H2,1-2H3. The molecule has 20 heavy (non-hydrogen) atoms. The number of hydrogen-bond donors (Lipinski definition) is 1. The SMILES string of the molecule is Cc1ccc(C(C)(O)C2CCOC3(CCCCC3)C2)s1. The van der Waals surface area contributed by atoms with E-state index in [0.717, 1.165) is 24.3 Å². The summed E-state index contributed by atoms with van der Waals surface area (Å²) < 4.78 is 6.17. The Bertz CT molecular complexity index is 452. The van der Waals surface area contributed by atoms with Crippen LogP contribution in [0.5, 0.6) is 0 Å². The molecule has 2 nitrogen and oxygen atoms in total. The molecular weight excluding hydrogens is 268 g/mol. The Labute approximate surface area is 126 Å². The van der Waals surface area contributed by atoms with E-state index in [4.69, 9.17) is 4.74 Å². The lowest BCUT2D eigenvalue weighted by Gasteiger charge is -2.47. The van der Waals surface area contributed by atoms with Crippen LogP contribution < -0.4 is 0 Å². The topological polar surface area (TPSA) is 29.5 Å². The van der Waals surface area contributed by atoms with Crippen molar-refractivity contribution in [1.82, 2.24) is 0 Å². The number of ether oxygens (including phenoxy) is 1. The fourth-order valence-electron chi connectivity index (χ4n) is 3.96. The first-order valence-electron chi connectivity index (χ1n) is 7.95. The van der Waals surface area contributed by atoms with Crippen molar-refractivity contribution < 1.29 is 9.84 Å². The van der Waals surface area contributed by atoms with E-state index in [1.807, 2.05) is 6.92 Å². The molecule has 2 heterocycles. The summed E-state index contributed by atoms with van der Waals surface area (Å²) in [6, 6.07) is 4.22. The maximum atomic E-state index is 11.1. The molecule has 1 spiro atoms. The Kier molecular flexibility index (Phi) is 3.95. The lowest BCUT2D eigenvalue weighted by molar-refractivity contribution is -0.153. The van der Waals surface area contributed by atoms with Crippen molar-refractivity contribution in [3.05, 3.63) is 21.9 Å². The van der Waals surface area contributed by atoms with Gasteiger partial charge in [-0.05, 0) is 57.6 Å². The van der Waals surface area contributed by atoms with E-state index in [1.165, 1.54) is 37.0 Å². The van der Waals surface area contributed by atoms with Crippen LogP contribution >= 0.6 is 11.3 Å². The van der Waals surface area contributed by atoms with Gasteiger partial charge in [-0.15, -0.1) is 11.3 Å². The number of hydrogen-bond acceptors (Lipinski definition) is 3. The van der Waals surface area contributed by atoms with Crippen molar-refractivity contribution in [2.24, 2.45) is 5.92 Å². The smallest absolute Gasteiger partial charge is 0.0989 e. The number of thiophene rings is 1. The fraction of sp³-hybridized carbons (Fsp3) is 0.765. The van der Waals surface area contributed by atoms with E-state index in [2.05, 4.69) is 19.1 Å². The van der Waals surface area contributed by atoms with Gasteiger partial charge in [-0.25, -0.2) is 0 Å². The normalized spacial score (nSPS) is 29.2. The van der Waals surface area contributed by atoms with Gasteiger partial charge in [-0.1, -0.05) is 19.3 Å². The molecule has 1 aromatic heterocycles. The Morgan fingerprint density at radius 2 is 2.05 bits per heavy atom. The number of rotatable bonds is 2. The van der Waals surface area contributed by atoms with E-state index >= 15 is 0 Å². The molecule has 3 heteroatoms. The molecule has 2 aliphatic rings. The van der Waals surface area contributed by atoms with E-state index in [-0.39, 0.29) is 5.60 Å². The van der Waals surface area contributed by atoms with Crippen LogP contribution in [0.15, 0.2) is 12.1 Å². The van der Waals surface area contributed by atoms with E-state index in [0.29, 0.717) is 5.92 Å². The third-order valence-corrected chi connectivity index (χ3v) is 6.52.